The Hall–Kier alpha value is -0.610. The van der Waals surface area contributed by atoms with Crippen LogP contribution in [0.2, 0.25) is 0 Å². The summed E-state index contributed by atoms with van der Waals surface area (Å²) in [5.41, 5.74) is 0. The molecule has 2 N–H and O–H groups in total. The maximum Gasteiger partial charge on any atom is 0.309 e. The van der Waals surface area contributed by atoms with Crippen LogP contribution in [0.15, 0.2) is 0 Å². The van der Waals surface area contributed by atoms with Gasteiger partial charge in [0.05, 0.1) is 13.0 Å². The summed E-state index contributed by atoms with van der Waals surface area (Å²) >= 11 is 0. The zero-order chi connectivity index (χ0) is 10.3. The van der Waals surface area contributed by atoms with Gasteiger partial charge in [-0.25, -0.2) is 0 Å². The van der Waals surface area contributed by atoms with Crippen molar-refractivity contribution in [3.05, 3.63) is 0 Å². The number of methoxy groups -OCH3 is 1. The second kappa shape index (κ2) is 6.86. The molecule has 0 saturated heterocycles. The highest BCUT2D eigenvalue weighted by atomic mass is 16.5. The third-order valence-corrected chi connectivity index (χ3v) is 1.94. The standard InChI is InChI=1S/C9H19NO3/c1-7(9(12)13-3)6-10-8(2)4-5-11/h7-8,10-11H,4-6H2,1-3H3. The van der Waals surface area contributed by atoms with Crippen molar-refractivity contribution in [1.82, 2.24) is 5.32 Å². The molecule has 0 radical (unpaired) electrons. The molecule has 0 rings (SSSR count). The Morgan fingerprint density at radius 2 is 2.15 bits per heavy atom. The number of hydrogen-bond acceptors (Lipinski definition) is 4. The van der Waals surface area contributed by atoms with Crippen molar-refractivity contribution in [2.24, 2.45) is 5.92 Å². The Morgan fingerprint density at radius 3 is 2.62 bits per heavy atom. The monoisotopic (exact) mass is 189 g/mol. The number of aliphatic hydroxyl groups excluding tert-OH is 1. The first-order valence-corrected chi connectivity index (χ1v) is 4.53. The van der Waals surface area contributed by atoms with Crippen molar-refractivity contribution in [1.29, 1.82) is 0 Å². The van der Waals surface area contributed by atoms with E-state index in [9.17, 15) is 4.79 Å². The van der Waals surface area contributed by atoms with E-state index in [0.717, 1.165) is 0 Å². The van der Waals surface area contributed by atoms with Gasteiger partial charge in [0.1, 0.15) is 0 Å². The van der Waals surface area contributed by atoms with Crippen LogP contribution in [0.3, 0.4) is 0 Å². The number of esters is 1. The van der Waals surface area contributed by atoms with Crippen LogP contribution in [-0.4, -0.2) is 37.4 Å². The Balaban J connectivity index is 3.56. The van der Waals surface area contributed by atoms with Gasteiger partial charge in [-0.1, -0.05) is 6.92 Å². The van der Waals surface area contributed by atoms with Gasteiger partial charge in [-0.15, -0.1) is 0 Å². The van der Waals surface area contributed by atoms with E-state index >= 15 is 0 Å². The van der Waals surface area contributed by atoms with Crippen LogP contribution >= 0.6 is 0 Å². The SMILES string of the molecule is COC(=O)C(C)CNC(C)CCO. The maximum atomic E-state index is 11.0. The molecule has 0 aromatic heterocycles. The van der Waals surface area contributed by atoms with Crippen LogP contribution in [0.4, 0.5) is 0 Å². The molecule has 0 heterocycles. The van der Waals surface area contributed by atoms with E-state index < -0.39 is 0 Å². The lowest BCUT2D eigenvalue weighted by atomic mass is 10.1. The molecule has 0 aromatic rings. The summed E-state index contributed by atoms with van der Waals surface area (Å²) in [7, 11) is 1.38. The van der Waals surface area contributed by atoms with Crippen molar-refractivity contribution >= 4 is 5.97 Å². The Kier molecular flexibility index (Phi) is 6.54. The van der Waals surface area contributed by atoms with E-state index in [4.69, 9.17) is 5.11 Å². The fourth-order valence-corrected chi connectivity index (χ4v) is 0.958. The van der Waals surface area contributed by atoms with E-state index in [2.05, 4.69) is 10.1 Å². The molecule has 0 bridgehead atoms. The number of ether oxygens (including phenoxy) is 1. The van der Waals surface area contributed by atoms with E-state index in [-0.39, 0.29) is 24.5 Å². The van der Waals surface area contributed by atoms with Crippen molar-refractivity contribution < 1.29 is 14.6 Å². The van der Waals surface area contributed by atoms with Gasteiger partial charge in [-0.05, 0) is 13.3 Å². The quantitative estimate of drug-likeness (QED) is 0.584. The summed E-state index contributed by atoms with van der Waals surface area (Å²) in [6.07, 6.45) is 0.702. The molecule has 13 heavy (non-hydrogen) atoms. The number of carbonyl (C=O) groups is 1. The van der Waals surface area contributed by atoms with E-state index in [0.29, 0.717) is 13.0 Å². The van der Waals surface area contributed by atoms with Gasteiger partial charge in [-0.2, -0.15) is 0 Å². The number of carbonyl (C=O) groups excluding carboxylic acids is 1. The molecule has 0 aromatic carbocycles. The molecule has 0 amide bonds. The Morgan fingerprint density at radius 1 is 1.54 bits per heavy atom. The molecule has 0 saturated carbocycles. The zero-order valence-corrected chi connectivity index (χ0v) is 8.54. The van der Waals surface area contributed by atoms with Crippen LogP contribution in [0.25, 0.3) is 0 Å². The predicted molar refractivity (Wildman–Crippen MR) is 50.3 cm³/mol. The molecule has 78 valence electrons. The summed E-state index contributed by atoms with van der Waals surface area (Å²) in [4.78, 5) is 11.0. The fourth-order valence-electron chi connectivity index (χ4n) is 0.958. The minimum atomic E-state index is -0.205. The van der Waals surface area contributed by atoms with E-state index in [1.807, 2.05) is 13.8 Å². The van der Waals surface area contributed by atoms with Gasteiger partial charge in [0.2, 0.25) is 0 Å². The lowest BCUT2D eigenvalue weighted by Gasteiger charge is -2.15. The van der Waals surface area contributed by atoms with Gasteiger partial charge >= 0.3 is 5.97 Å². The number of hydrogen-bond donors (Lipinski definition) is 2. The van der Waals surface area contributed by atoms with E-state index in [1.165, 1.54) is 7.11 Å². The topological polar surface area (TPSA) is 58.6 Å². The second-order valence-corrected chi connectivity index (χ2v) is 3.25. The third kappa shape index (κ3) is 5.60. The van der Waals surface area contributed by atoms with Crippen LogP contribution < -0.4 is 5.32 Å². The largest absolute Gasteiger partial charge is 0.469 e. The van der Waals surface area contributed by atoms with Crippen LogP contribution in [0, 0.1) is 5.92 Å². The predicted octanol–water partition coefficient (Wildman–Crippen LogP) is 0.156. The van der Waals surface area contributed by atoms with Gasteiger partial charge in [-0.3, -0.25) is 4.79 Å². The lowest BCUT2D eigenvalue weighted by Crippen LogP contribution is -2.34. The first-order chi connectivity index (χ1) is 6.11. The molecule has 0 aliphatic heterocycles. The molecule has 0 aliphatic rings. The molecule has 0 aliphatic carbocycles. The highest BCUT2D eigenvalue weighted by Gasteiger charge is 2.13. The van der Waals surface area contributed by atoms with E-state index in [1.54, 1.807) is 0 Å². The third-order valence-electron chi connectivity index (χ3n) is 1.94. The molecule has 0 spiro atoms. The van der Waals surface area contributed by atoms with Crippen LogP contribution in [0.5, 0.6) is 0 Å². The number of aliphatic hydroxyl groups is 1. The molecular formula is C9H19NO3. The van der Waals surface area contributed by atoms with Crippen LogP contribution in [0.1, 0.15) is 20.3 Å². The molecule has 2 unspecified atom stereocenters. The van der Waals surface area contributed by atoms with Gasteiger partial charge in [0.25, 0.3) is 0 Å². The molecule has 4 nitrogen and oxygen atoms in total. The van der Waals surface area contributed by atoms with Crippen LogP contribution in [-0.2, 0) is 9.53 Å². The van der Waals surface area contributed by atoms with Crippen molar-refractivity contribution in [3.63, 3.8) is 0 Å². The maximum absolute atomic E-state index is 11.0. The molecule has 2 atom stereocenters. The average molecular weight is 189 g/mol. The molecule has 0 fully saturated rings. The fraction of sp³-hybridized carbons (Fsp3) is 0.889. The first-order valence-electron chi connectivity index (χ1n) is 4.53. The zero-order valence-electron chi connectivity index (χ0n) is 8.54. The number of rotatable bonds is 6. The van der Waals surface area contributed by atoms with Crippen molar-refractivity contribution in [3.8, 4) is 0 Å². The summed E-state index contributed by atoms with van der Waals surface area (Å²) < 4.78 is 4.58. The molecule has 4 heteroatoms. The minimum Gasteiger partial charge on any atom is -0.469 e. The second-order valence-electron chi connectivity index (χ2n) is 3.25. The summed E-state index contributed by atoms with van der Waals surface area (Å²) in [5, 5.41) is 11.8. The molecular weight excluding hydrogens is 170 g/mol. The normalized spacial score (nSPS) is 15.1. The van der Waals surface area contributed by atoms with Gasteiger partial charge in [0, 0.05) is 19.2 Å². The van der Waals surface area contributed by atoms with Crippen molar-refractivity contribution in [2.75, 3.05) is 20.3 Å². The summed E-state index contributed by atoms with van der Waals surface area (Å²) in [5.74, 6) is -0.338. The highest BCUT2D eigenvalue weighted by Crippen LogP contribution is 1.97. The summed E-state index contributed by atoms with van der Waals surface area (Å²) in [6, 6.07) is 0.233. The van der Waals surface area contributed by atoms with Crippen molar-refractivity contribution in [2.45, 2.75) is 26.3 Å². The summed E-state index contributed by atoms with van der Waals surface area (Å²) in [6.45, 7) is 4.54. The smallest absolute Gasteiger partial charge is 0.309 e. The highest BCUT2D eigenvalue weighted by molar-refractivity contribution is 5.72. The number of nitrogens with one attached hydrogen (secondary N) is 1. The average Bonchev–Trinajstić information content (AvgIpc) is 2.13. The Labute approximate surface area is 79.3 Å². The van der Waals surface area contributed by atoms with Gasteiger partial charge in [0.15, 0.2) is 0 Å². The Bertz CT molecular complexity index is 150. The first kappa shape index (κ1) is 12.4. The van der Waals surface area contributed by atoms with Gasteiger partial charge < -0.3 is 15.2 Å². The lowest BCUT2D eigenvalue weighted by molar-refractivity contribution is -0.144. The minimum absolute atomic E-state index is 0.133.